The number of furan rings is 1. The highest BCUT2D eigenvalue weighted by Crippen LogP contribution is 2.29. The first kappa shape index (κ1) is 11.3. The van der Waals surface area contributed by atoms with Crippen LogP contribution in [0.1, 0.15) is 10.5 Å². The molecule has 1 aromatic carbocycles. The lowest BCUT2D eigenvalue weighted by atomic mass is 10.2. The molecule has 0 fully saturated rings. The Morgan fingerprint density at radius 3 is 2.68 bits per heavy atom. The minimum Gasteiger partial charge on any atom is -0.508 e. The molecule has 94 valence electrons. The zero-order valence-electron chi connectivity index (χ0n) is 9.70. The Hall–Kier alpha value is -2.82. The molecule has 19 heavy (non-hydrogen) atoms. The van der Waals surface area contributed by atoms with Gasteiger partial charge < -0.3 is 14.6 Å². The molecule has 0 aliphatic heterocycles. The van der Waals surface area contributed by atoms with Gasteiger partial charge in [0.1, 0.15) is 22.8 Å². The van der Waals surface area contributed by atoms with Crippen molar-refractivity contribution in [2.24, 2.45) is 0 Å². The summed E-state index contributed by atoms with van der Waals surface area (Å²) in [4.78, 5) is 14.5. The zero-order chi connectivity index (χ0) is 13.4. The topological polar surface area (TPSA) is 83.6 Å². The van der Waals surface area contributed by atoms with Crippen LogP contribution in [0.15, 0.2) is 47.0 Å². The molecule has 0 aliphatic carbocycles. The number of nitrogens with zero attached hydrogens (tertiary/aromatic N) is 1. The fourth-order valence-electron chi connectivity index (χ4n) is 1.84. The van der Waals surface area contributed by atoms with Crippen LogP contribution in [0.5, 0.6) is 5.75 Å². The quantitative estimate of drug-likeness (QED) is 0.735. The van der Waals surface area contributed by atoms with E-state index in [0.717, 1.165) is 5.39 Å². The van der Waals surface area contributed by atoms with Gasteiger partial charge in [0.25, 0.3) is 0 Å². The molecule has 3 aromatic rings. The van der Waals surface area contributed by atoms with Crippen molar-refractivity contribution in [3.63, 3.8) is 0 Å². The van der Waals surface area contributed by atoms with Crippen LogP contribution in [-0.4, -0.2) is 21.2 Å². The summed E-state index contributed by atoms with van der Waals surface area (Å²) in [5, 5.41) is 18.9. The summed E-state index contributed by atoms with van der Waals surface area (Å²) in [6, 6.07) is 9.64. The maximum atomic E-state index is 10.7. The second-order valence-corrected chi connectivity index (χ2v) is 4.07. The van der Waals surface area contributed by atoms with Crippen molar-refractivity contribution in [2.75, 3.05) is 0 Å². The number of phenols is 1. The van der Waals surface area contributed by atoms with Crippen molar-refractivity contribution in [1.82, 2.24) is 4.98 Å². The van der Waals surface area contributed by atoms with Gasteiger partial charge in [-0.05, 0) is 36.4 Å². The molecule has 0 spiro atoms. The standard InChI is InChI=1S/C14H9NO4/c16-10-2-4-12-9(5-10)6-13(19-12)8-1-3-11(14(17)18)15-7-8/h1-7,16H,(H,17,18). The molecule has 0 saturated heterocycles. The molecule has 0 aliphatic rings. The first-order valence-corrected chi connectivity index (χ1v) is 5.56. The smallest absolute Gasteiger partial charge is 0.354 e. The number of hydrogen-bond acceptors (Lipinski definition) is 4. The summed E-state index contributed by atoms with van der Waals surface area (Å²) in [5.74, 6) is -0.328. The molecule has 0 atom stereocenters. The van der Waals surface area contributed by atoms with Gasteiger partial charge in [0, 0.05) is 17.1 Å². The largest absolute Gasteiger partial charge is 0.508 e. The van der Waals surface area contributed by atoms with E-state index < -0.39 is 5.97 Å². The number of hydrogen-bond donors (Lipinski definition) is 2. The van der Waals surface area contributed by atoms with Crippen molar-refractivity contribution >= 4 is 16.9 Å². The monoisotopic (exact) mass is 255 g/mol. The zero-order valence-corrected chi connectivity index (χ0v) is 9.70. The number of aromatic carboxylic acids is 1. The minimum absolute atomic E-state index is 0.0162. The second kappa shape index (κ2) is 4.13. The average Bonchev–Trinajstić information content (AvgIpc) is 2.81. The molecule has 0 radical (unpaired) electrons. The van der Waals surface area contributed by atoms with Crippen LogP contribution in [0.3, 0.4) is 0 Å². The number of benzene rings is 1. The van der Waals surface area contributed by atoms with Gasteiger partial charge in [0.15, 0.2) is 0 Å². The molecule has 2 heterocycles. The molecular formula is C14H9NO4. The summed E-state index contributed by atoms with van der Waals surface area (Å²) < 4.78 is 5.61. The van der Waals surface area contributed by atoms with Crippen molar-refractivity contribution in [1.29, 1.82) is 0 Å². The predicted octanol–water partition coefficient (Wildman–Crippen LogP) is 2.90. The number of pyridine rings is 1. The normalized spacial score (nSPS) is 10.7. The van der Waals surface area contributed by atoms with E-state index in [1.807, 2.05) is 0 Å². The third kappa shape index (κ3) is 2.01. The van der Waals surface area contributed by atoms with Crippen molar-refractivity contribution in [3.05, 3.63) is 48.3 Å². The van der Waals surface area contributed by atoms with E-state index in [1.54, 1.807) is 30.3 Å². The third-order valence-corrected chi connectivity index (χ3v) is 2.77. The van der Waals surface area contributed by atoms with Crippen LogP contribution in [-0.2, 0) is 0 Å². The first-order valence-electron chi connectivity index (χ1n) is 5.56. The molecule has 0 amide bonds. The van der Waals surface area contributed by atoms with Crippen LogP contribution in [0.25, 0.3) is 22.3 Å². The van der Waals surface area contributed by atoms with Gasteiger partial charge >= 0.3 is 5.97 Å². The van der Waals surface area contributed by atoms with Crippen molar-refractivity contribution < 1.29 is 19.4 Å². The van der Waals surface area contributed by atoms with E-state index in [9.17, 15) is 9.90 Å². The minimum atomic E-state index is -1.07. The van der Waals surface area contributed by atoms with E-state index in [2.05, 4.69) is 4.98 Å². The Morgan fingerprint density at radius 1 is 1.16 bits per heavy atom. The maximum Gasteiger partial charge on any atom is 0.354 e. The van der Waals surface area contributed by atoms with Crippen molar-refractivity contribution in [2.45, 2.75) is 0 Å². The highest BCUT2D eigenvalue weighted by molar-refractivity contribution is 5.86. The Bertz CT molecular complexity index is 759. The molecule has 5 heteroatoms. The molecular weight excluding hydrogens is 246 g/mol. The lowest BCUT2D eigenvalue weighted by Gasteiger charge is -1.96. The third-order valence-electron chi connectivity index (χ3n) is 2.77. The van der Waals surface area contributed by atoms with E-state index in [0.29, 0.717) is 16.9 Å². The fourth-order valence-corrected chi connectivity index (χ4v) is 1.84. The SMILES string of the molecule is O=C(O)c1ccc(-c2cc3cc(O)ccc3o2)cn1. The number of carboxylic acids is 1. The van der Waals surface area contributed by atoms with Crippen LogP contribution >= 0.6 is 0 Å². The van der Waals surface area contributed by atoms with E-state index in [-0.39, 0.29) is 11.4 Å². The highest BCUT2D eigenvalue weighted by Gasteiger charge is 2.09. The van der Waals surface area contributed by atoms with Gasteiger partial charge in [0.2, 0.25) is 0 Å². The number of rotatable bonds is 2. The van der Waals surface area contributed by atoms with Crippen LogP contribution < -0.4 is 0 Å². The molecule has 0 saturated carbocycles. The summed E-state index contributed by atoms with van der Waals surface area (Å²) in [6.45, 7) is 0. The Kier molecular flexibility index (Phi) is 2.45. The van der Waals surface area contributed by atoms with E-state index >= 15 is 0 Å². The molecule has 0 bridgehead atoms. The number of phenolic OH excluding ortho intramolecular Hbond substituents is 1. The molecule has 3 rings (SSSR count). The molecule has 2 aromatic heterocycles. The van der Waals surface area contributed by atoms with Gasteiger partial charge in [-0.2, -0.15) is 0 Å². The number of carbonyl (C=O) groups is 1. The van der Waals surface area contributed by atoms with Crippen LogP contribution in [0.2, 0.25) is 0 Å². The summed E-state index contributed by atoms with van der Waals surface area (Å²) in [7, 11) is 0. The van der Waals surface area contributed by atoms with E-state index in [4.69, 9.17) is 9.52 Å². The second-order valence-electron chi connectivity index (χ2n) is 4.07. The summed E-state index contributed by atoms with van der Waals surface area (Å²) in [5.41, 5.74) is 1.31. The lowest BCUT2D eigenvalue weighted by molar-refractivity contribution is 0.0690. The molecule has 2 N–H and O–H groups in total. The number of fused-ring (bicyclic) bond motifs is 1. The van der Waals surface area contributed by atoms with Gasteiger partial charge in [-0.15, -0.1) is 0 Å². The van der Waals surface area contributed by atoms with Crippen LogP contribution in [0.4, 0.5) is 0 Å². The fraction of sp³-hybridized carbons (Fsp3) is 0. The van der Waals surface area contributed by atoms with Gasteiger partial charge in [-0.25, -0.2) is 9.78 Å². The summed E-state index contributed by atoms with van der Waals surface area (Å²) in [6.07, 6.45) is 1.45. The van der Waals surface area contributed by atoms with Gasteiger partial charge in [0.05, 0.1) is 0 Å². The highest BCUT2D eigenvalue weighted by atomic mass is 16.4. The average molecular weight is 255 g/mol. The molecule has 5 nitrogen and oxygen atoms in total. The Labute approximate surface area is 107 Å². The van der Waals surface area contributed by atoms with Crippen molar-refractivity contribution in [3.8, 4) is 17.1 Å². The predicted molar refractivity (Wildman–Crippen MR) is 68.1 cm³/mol. The summed E-state index contributed by atoms with van der Waals surface area (Å²) >= 11 is 0. The van der Waals surface area contributed by atoms with Gasteiger partial charge in [-0.1, -0.05) is 0 Å². The Balaban J connectivity index is 2.06. The Morgan fingerprint density at radius 2 is 2.00 bits per heavy atom. The molecule has 0 unspecified atom stereocenters. The number of aromatic nitrogens is 1. The maximum absolute atomic E-state index is 10.7. The number of carboxylic acid groups (broad SMARTS) is 1. The first-order chi connectivity index (χ1) is 9.13. The van der Waals surface area contributed by atoms with Gasteiger partial charge in [-0.3, -0.25) is 0 Å². The van der Waals surface area contributed by atoms with E-state index in [1.165, 1.54) is 12.3 Å². The van der Waals surface area contributed by atoms with Crippen LogP contribution in [0, 0.1) is 0 Å². The number of aromatic hydroxyl groups is 1. The lowest BCUT2D eigenvalue weighted by Crippen LogP contribution is -1.98.